The Morgan fingerprint density at radius 2 is 0.830 bits per heavy atom. The normalized spacial score (nSPS) is 44.2. The van der Waals surface area contributed by atoms with Gasteiger partial charge in [-0.2, -0.15) is 0 Å². The molecule has 18 rings (SSSR count). The Labute approximate surface area is 607 Å². The minimum atomic E-state index is -0.367. The van der Waals surface area contributed by atoms with Gasteiger partial charge in [0.05, 0.1) is 160 Å². The highest BCUT2D eigenvalue weighted by Gasteiger charge is 2.67. The van der Waals surface area contributed by atoms with Crippen LogP contribution in [0.4, 0.5) is 0 Å². The van der Waals surface area contributed by atoms with Gasteiger partial charge in [0.25, 0.3) is 0 Å². The van der Waals surface area contributed by atoms with Crippen LogP contribution in [0.15, 0.2) is 0 Å². The molecule has 18 saturated heterocycles. The molecule has 0 amide bonds. The number of fused-ring (bicyclic) bond motifs is 22. The SMILES string of the molecule is O=C1CC2(CO1)CC1CC(OCCC[SiH3])C2O1.O=C1CC2(CO1)CC1OC2CC1OCCC[SiH3].O=C1OCC2C3CC(OCCC[SiH3])C(O3)C12.O=C1OCC2C3OC(CC3OCCC[SiH3])C12.O=C1OCCC12CC1CC(OCCC[SiH3])C2O1.O=C1OCCC12CC1OC2CC1OCCC[SiH3]. The van der Waals surface area contributed by atoms with Crippen LogP contribution < -0.4 is 0 Å². The van der Waals surface area contributed by atoms with Crippen LogP contribution in [0.2, 0.25) is 36.3 Å². The molecule has 26 atom stereocenters. The lowest BCUT2D eigenvalue weighted by Gasteiger charge is -2.33. The van der Waals surface area contributed by atoms with Crippen LogP contribution in [0.25, 0.3) is 0 Å². The number of hydrogen-bond donors (Lipinski definition) is 0. The molecule has 18 aliphatic rings. The van der Waals surface area contributed by atoms with E-state index in [1.165, 1.54) is 104 Å². The van der Waals surface area contributed by atoms with Gasteiger partial charge in [0.1, 0.15) is 24.7 Å². The molecule has 0 N–H and O–H groups in total. The van der Waals surface area contributed by atoms with E-state index in [9.17, 15) is 28.8 Å². The maximum absolute atomic E-state index is 11.9. The smallest absolute Gasteiger partial charge is 0.315 e. The van der Waals surface area contributed by atoms with Crippen LogP contribution in [0.1, 0.15) is 128 Å². The molecule has 30 heteroatoms. The highest BCUT2D eigenvalue weighted by Crippen LogP contribution is 2.58. The van der Waals surface area contributed by atoms with Gasteiger partial charge in [0, 0.05) is 175 Å². The molecular formula is C70H116O24Si6. The Bertz CT molecular complexity index is 2820. The van der Waals surface area contributed by atoms with Crippen molar-refractivity contribution < 1.29 is 114 Å². The minimum absolute atomic E-state index is 0.00318. The Kier molecular flexibility index (Phi) is 25.7. The van der Waals surface area contributed by atoms with E-state index in [-0.39, 0.29) is 185 Å². The predicted molar refractivity (Wildman–Crippen MR) is 381 cm³/mol. The van der Waals surface area contributed by atoms with Crippen molar-refractivity contribution in [2.45, 2.75) is 275 Å². The Hall–Kier alpha value is -2.36. The Morgan fingerprint density at radius 3 is 1.33 bits per heavy atom. The molecule has 26 unspecified atom stereocenters. The summed E-state index contributed by atoms with van der Waals surface area (Å²) in [6.45, 7) is 8.31. The summed E-state index contributed by atoms with van der Waals surface area (Å²) in [7, 11) is 7.47. The summed E-state index contributed by atoms with van der Waals surface area (Å²) in [6.07, 6.45) is 21.4. The van der Waals surface area contributed by atoms with E-state index < -0.39 is 0 Å². The first-order valence-corrected chi connectivity index (χ1v) is 47.7. The average Bonchev–Trinajstić information content (AvgIpc) is 1.62. The fourth-order valence-corrected chi connectivity index (χ4v) is 21.5. The molecule has 0 aromatic rings. The third kappa shape index (κ3) is 15.7. The van der Waals surface area contributed by atoms with Crippen molar-refractivity contribution in [3.05, 3.63) is 0 Å². The predicted octanol–water partition coefficient (Wildman–Crippen LogP) is -0.829. The van der Waals surface area contributed by atoms with Crippen molar-refractivity contribution in [1.29, 1.82) is 0 Å². The molecule has 18 fully saturated rings. The molecule has 18 aliphatic heterocycles. The molecule has 0 aromatic heterocycles. The summed E-state index contributed by atoms with van der Waals surface area (Å²) in [4.78, 5) is 69.4. The summed E-state index contributed by atoms with van der Waals surface area (Å²) < 4.78 is 101. The summed E-state index contributed by atoms with van der Waals surface area (Å²) in [5, 5.41) is 0. The molecule has 564 valence electrons. The van der Waals surface area contributed by atoms with Gasteiger partial charge in [-0.15, -0.1) is 0 Å². The minimum Gasteiger partial charge on any atom is -0.465 e. The largest absolute Gasteiger partial charge is 0.465 e. The maximum Gasteiger partial charge on any atom is 0.315 e. The molecule has 0 radical (unpaired) electrons. The molecule has 12 bridgehead atoms. The second kappa shape index (κ2) is 33.8. The molecular weight excluding hydrogens is 1390 g/mol. The number of esters is 6. The van der Waals surface area contributed by atoms with E-state index in [1.54, 1.807) is 0 Å². The van der Waals surface area contributed by atoms with Crippen molar-refractivity contribution in [2.24, 2.45) is 45.3 Å². The van der Waals surface area contributed by atoms with Crippen LogP contribution in [-0.4, -0.2) is 286 Å². The summed E-state index contributed by atoms with van der Waals surface area (Å²) in [6, 6.07) is 7.71. The van der Waals surface area contributed by atoms with E-state index in [0.29, 0.717) is 58.4 Å². The lowest BCUT2D eigenvalue weighted by molar-refractivity contribution is -0.152. The zero-order valence-corrected chi connectivity index (χ0v) is 72.4. The number of ether oxygens (including phenoxy) is 18. The standard InChI is InChI=1S/4C12H20O4Si.2C11H18O4Si/c13-11-12(2-4-15-11)7-9-8(6-10(12)16-9)14-3-1-5-17;13-11-12(2-4-15-11)7-8-6-9(10(12)16-8)14-3-1-5-17;13-11-6-12(7-15-11)5-9-8(4-10(12)16-9)14-2-1-3-17;13-10-6-12(7-15-10)5-8-4-9(11(12)16-8)14-2-1-3-17;12-11-9-6(5-14-11)10-8(4-7(9)15-10)13-2-1-3-16;12-11-9-6(5-14-11)7-4-8(10(9)15-7)13-2-1-3-16/h3*8-10H,1-7H2,17H3;8-9,11H,1-7H2,17H3;2*6-10H,1-5H2,16H3. The van der Waals surface area contributed by atoms with E-state index in [2.05, 4.69) is 0 Å². The van der Waals surface area contributed by atoms with Crippen molar-refractivity contribution in [3.8, 4) is 0 Å². The Balaban J connectivity index is 0.000000108. The third-order valence-corrected chi connectivity index (χ3v) is 29.5. The monoisotopic (exact) mass is 1510 g/mol. The molecule has 24 nitrogen and oxygen atoms in total. The number of rotatable bonds is 24. The van der Waals surface area contributed by atoms with Crippen molar-refractivity contribution in [2.75, 3.05) is 79.3 Å². The van der Waals surface area contributed by atoms with E-state index in [4.69, 9.17) is 85.3 Å². The molecule has 0 saturated carbocycles. The fourth-order valence-electron chi connectivity index (χ4n) is 19.8. The topological polar surface area (TPSA) is 269 Å². The number of carbonyl (C=O) groups excluding carboxylic acids is 6. The lowest BCUT2D eigenvalue weighted by Crippen LogP contribution is -2.45. The van der Waals surface area contributed by atoms with Gasteiger partial charge < -0.3 is 85.3 Å². The zero-order chi connectivity index (χ0) is 69.8. The van der Waals surface area contributed by atoms with Crippen molar-refractivity contribution in [3.63, 3.8) is 0 Å². The molecule has 100 heavy (non-hydrogen) atoms. The second-order valence-electron chi connectivity index (χ2n) is 31.9. The second-order valence-corrected chi connectivity index (χ2v) is 37.9. The van der Waals surface area contributed by atoms with Gasteiger partial charge in [-0.1, -0.05) is 36.3 Å². The fraction of sp³-hybridized carbons (Fsp3) is 0.914. The molecule has 0 aliphatic carbocycles. The van der Waals surface area contributed by atoms with E-state index in [1.807, 2.05) is 0 Å². The van der Waals surface area contributed by atoms with E-state index >= 15 is 0 Å². The van der Waals surface area contributed by atoms with Crippen LogP contribution in [0.3, 0.4) is 0 Å². The zero-order valence-electron chi connectivity index (χ0n) is 60.4. The molecule has 4 spiro atoms. The lowest BCUT2D eigenvalue weighted by atomic mass is 9.72. The van der Waals surface area contributed by atoms with Crippen molar-refractivity contribution in [1.82, 2.24) is 0 Å². The highest BCUT2D eigenvalue weighted by atomic mass is 28.2. The molecule has 0 aromatic carbocycles. The number of carbonyl (C=O) groups is 6. The quantitative estimate of drug-likeness (QED) is 0.0494. The third-order valence-electron chi connectivity index (χ3n) is 25.3. The highest BCUT2D eigenvalue weighted by molar-refractivity contribution is 6.09. The van der Waals surface area contributed by atoms with Gasteiger partial charge >= 0.3 is 35.8 Å². The summed E-state index contributed by atoms with van der Waals surface area (Å²) in [5.41, 5.74) is -0.762. The van der Waals surface area contributed by atoms with Crippen molar-refractivity contribution >= 4 is 97.3 Å². The summed E-state index contributed by atoms with van der Waals surface area (Å²) >= 11 is 0. The maximum atomic E-state index is 11.9. The molecule has 18 heterocycles. The van der Waals surface area contributed by atoms with Crippen LogP contribution in [-0.2, 0) is 114 Å². The van der Waals surface area contributed by atoms with Gasteiger partial charge in [-0.3, -0.25) is 28.8 Å². The summed E-state index contributed by atoms with van der Waals surface area (Å²) in [5.74, 6) is 0.161. The van der Waals surface area contributed by atoms with Crippen LogP contribution in [0, 0.1) is 45.3 Å². The average molecular weight is 1510 g/mol. The van der Waals surface area contributed by atoms with Crippen LogP contribution in [0.5, 0.6) is 0 Å². The van der Waals surface area contributed by atoms with Gasteiger partial charge in [0.2, 0.25) is 0 Å². The number of cyclic esters (lactones) is 6. The first-order valence-electron chi connectivity index (χ1n) is 39.2. The number of hydrogen-bond acceptors (Lipinski definition) is 24. The van der Waals surface area contributed by atoms with E-state index in [0.717, 1.165) is 149 Å². The van der Waals surface area contributed by atoms with Crippen LogP contribution >= 0.6 is 0 Å². The van der Waals surface area contributed by atoms with Gasteiger partial charge in [-0.25, -0.2) is 0 Å². The first-order chi connectivity index (χ1) is 48.6. The Morgan fingerprint density at radius 1 is 0.370 bits per heavy atom. The van der Waals surface area contributed by atoms with Gasteiger partial charge in [-0.05, 0) is 64.2 Å². The first kappa shape index (κ1) is 75.9. The van der Waals surface area contributed by atoms with Gasteiger partial charge in [0.15, 0.2) is 0 Å².